The molecule has 2 aromatic rings. The summed E-state index contributed by atoms with van der Waals surface area (Å²) in [5.41, 5.74) is 1.47. The van der Waals surface area contributed by atoms with Gasteiger partial charge in [-0.15, -0.1) is 0 Å². The third-order valence-corrected chi connectivity index (χ3v) is 3.02. The lowest BCUT2D eigenvalue weighted by atomic mass is 10.0. The van der Waals surface area contributed by atoms with Crippen molar-refractivity contribution in [1.82, 2.24) is 4.98 Å². The number of carbonyl (C=O) groups is 1. The van der Waals surface area contributed by atoms with E-state index in [2.05, 4.69) is 4.98 Å². The number of hydrogen-bond acceptors (Lipinski definition) is 3. The Morgan fingerprint density at radius 1 is 1.17 bits per heavy atom. The number of aliphatic hydroxyl groups excluding tert-OH is 1. The Morgan fingerprint density at radius 3 is 2.72 bits per heavy atom. The highest BCUT2D eigenvalue weighted by Crippen LogP contribution is 2.36. The Bertz CT molecular complexity index is 583. The van der Waals surface area contributed by atoms with E-state index in [4.69, 9.17) is 0 Å². The van der Waals surface area contributed by atoms with Crippen molar-refractivity contribution in [3.05, 3.63) is 54.2 Å². The molecular formula is C14H12N2O2. The van der Waals surface area contributed by atoms with Crippen LogP contribution in [0.15, 0.2) is 48.7 Å². The molecule has 0 fully saturated rings. The van der Waals surface area contributed by atoms with Crippen LogP contribution in [0.25, 0.3) is 0 Å². The number of hydrogen-bond donors (Lipinski definition) is 1. The molecule has 4 nitrogen and oxygen atoms in total. The number of rotatable bonds is 1. The number of benzene rings is 1. The third-order valence-electron chi connectivity index (χ3n) is 3.02. The molecule has 0 radical (unpaired) electrons. The maximum atomic E-state index is 12.1. The second-order valence-electron chi connectivity index (χ2n) is 4.20. The summed E-state index contributed by atoms with van der Waals surface area (Å²) in [6, 6.07) is 12.9. The van der Waals surface area contributed by atoms with Gasteiger partial charge in [0.1, 0.15) is 5.82 Å². The highest BCUT2D eigenvalue weighted by Gasteiger charge is 2.31. The van der Waals surface area contributed by atoms with Crippen molar-refractivity contribution >= 4 is 17.4 Å². The summed E-state index contributed by atoms with van der Waals surface area (Å²) in [7, 11) is 0. The van der Waals surface area contributed by atoms with Gasteiger partial charge in [0.05, 0.1) is 18.2 Å². The van der Waals surface area contributed by atoms with Gasteiger partial charge in [0, 0.05) is 11.8 Å². The van der Waals surface area contributed by atoms with Crippen LogP contribution in [0.2, 0.25) is 0 Å². The third kappa shape index (κ3) is 1.67. The molecule has 1 aliphatic rings. The summed E-state index contributed by atoms with van der Waals surface area (Å²) in [6.45, 7) is 0. The summed E-state index contributed by atoms with van der Waals surface area (Å²) in [6.07, 6.45) is 0.953. The van der Waals surface area contributed by atoms with Gasteiger partial charge in [-0.1, -0.05) is 24.3 Å². The maximum Gasteiger partial charge on any atom is 0.235 e. The van der Waals surface area contributed by atoms with Crippen molar-refractivity contribution < 1.29 is 9.90 Å². The van der Waals surface area contributed by atoms with Crippen LogP contribution in [0, 0.1) is 0 Å². The first kappa shape index (κ1) is 10.9. The monoisotopic (exact) mass is 240 g/mol. The minimum Gasteiger partial charge on any atom is -0.388 e. The molecule has 3 rings (SSSR count). The number of para-hydroxylation sites is 1. The van der Waals surface area contributed by atoms with Crippen molar-refractivity contribution in [3.8, 4) is 0 Å². The van der Waals surface area contributed by atoms with Crippen LogP contribution in [0.5, 0.6) is 0 Å². The van der Waals surface area contributed by atoms with E-state index in [1.165, 1.54) is 0 Å². The molecular weight excluding hydrogens is 228 g/mol. The number of carbonyl (C=O) groups excluding carboxylic acids is 1. The second kappa shape index (κ2) is 4.23. The van der Waals surface area contributed by atoms with Crippen molar-refractivity contribution in [1.29, 1.82) is 0 Å². The Balaban J connectivity index is 2.15. The summed E-state index contributed by atoms with van der Waals surface area (Å²) in [4.78, 5) is 17.9. The van der Waals surface area contributed by atoms with Gasteiger partial charge in [-0.3, -0.25) is 9.69 Å². The van der Waals surface area contributed by atoms with E-state index in [9.17, 15) is 9.90 Å². The average Bonchev–Trinajstić information content (AvgIpc) is 2.40. The quantitative estimate of drug-likeness (QED) is 0.831. The summed E-state index contributed by atoms with van der Waals surface area (Å²) >= 11 is 0. The molecule has 1 aliphatic heterocycles. The zero-order chi connectivity index (χ0) is 12.5. The lowest BCUT2D eigenvalue weighted by Gasteiger charge is -2.30. The van der Waals surface area contributed by atoms with Crippen molar-refractivity contribution in [2.45, 2.75) is 12.5 Å². The number of anilines is 2. The zero-order valence-corrected chi connectivity index (χ0v) is 9.65. The Hall–Kier alpha value is -2.20. The van der Waals surface area contributed by atoms with Gasteiger partial charge in [0.2, 0.25) is 5.91 Å². The van der Waals surface area contributed by atoms with Crippen molar-refractivity contribution in [2.75, 3.05) is 4.90 Å². The van der Waals surface area contributed by atoms with Gasteiger partial charge in [0.25, 0.3) is 0 Å². The van der Waals surface area contributed by atoms with Gasteiger partial charge in [-0.2, -0.15) is 0 Å². The van der Waals surface area contributed by atoms with Gasteiger partial charge in [-0.05, 0) is 18.2 Å². The van der Waals surface area contributed by atoms with Crippen LogP contribution < -0.4 is 4.90 Å². The molecule has 90 valence electrons. The Morgan fingerprint density at radius 2 is 1.94 bits per heavy atom. The number of aliphatic hydroxyl groups is 1. The van der Waals surface area contributed by atoms with E-state index in [1.54, 1.807) is 23.2 Å². The largest absolute Gasteiger partial charge is 0.388 e. The van der Waals surface area contributed by atoms with Crippen LogP contribution in [0.4, 0.5) is 11.5 Å². The Kier molecular flexibility index (Phi) is 2.57. The topological polar surface area (TPSA) is 53.4 Å². The van der Waals surface area contributed by atoms with Gasteiger partial charge >= 0.3 is 0 Å². The molecule has 1 N–H and O–H groups in total. The SMILES string of the molecule is O=C1CC(O)c2cccnc2N1c1ccccc1. The summed E-state index contributed by atoms with van der Waals surface area (Å²) in [5.74, 6) is 0.382. The van der Waals surface area contributed by atoms with E-state index in [0.717, 1.165) is 5.69 Å². The summed E-state index contributed by atoms with van der Waals surface area (Å²) in [5, 5.41) is 9.91. The van der Waals surface area contributed by atoms with Crippen LogP contribution in [0.3, 0.4) is 0 Å². The second-order valence-corrected chi connectivity index (χ2v) is 4.20. The van der Waals surface area contributed by atoms with Crippen LogP contribution in [-0.4, -0.2) is 16.0 Å². The fraction of sp³-hybridized carbons (Fsp3) is 0.143. The molecule has 1 atom stereocenters. The lowest BCUT2D eigenvalue weighted by molar-refractivity contribution is -0.120. The molecule has 1 aromatic carbocycles. The predicted molar refractivity (Wildman–Crippen MR) is 67.4 cm³/mol. The summed E-state index contributed by atoms with van der Waals surface area (Å²) < 4.78 is 0. The normalized spacial score (nSPS) is 18.6. The molecule has 0 saturated heterocycles. The first-order chi connectivity index (χ1) is 8.77. The van der Waals surface area contributed by atoms with Gasteiger partial charge in [0.15, 0.2) is 0 Å². The smallest absolute Gasteiger partial charge is 0.235 e. The maximum absolute atomic E-state index is 12.1. The average molecular weight is 240 g/mol. The molecule has 0 bridgehead atoms. The molecule has 18 heavy (non-hydrogen) atoms. The number of pyridine rings is 1. The van der Waals surface area contributed by atoms with E-state index >= 15 is 0 Å². The van der Waals surface area contributed by atoms with Crippen LogP contribution in [0.1, 0.15) is 18.1 Å². The number of amides is 1. The van der Waals surface area contributed by atoms with Crippen LogP contribution in [-0.2, 0) is 4.79 Å². The first-order valence-corrected chi connectivity index (χ1v) is 5.78. The molecule has 0 aliphatic carbocycles. The van der Waals surface area contributed by atoms with Crippen molar-refractivity contribution in [2.24, 2.45) is 0 Å². The molecule has 0 saturated carbocycles. The zero-order valence-electron chi connectivity index (χ0n) is 9.65. The van der Waals surface area contributed by atoms with E-state index < -0.39 is 6.10 Å². The minimum absolute atomic E-state index is 0.0909. The molecule has 1 amide bonds. The van der Waals surface area contributed by atoms with Crippen LogP contribution >= 0.6 is 0 Å². The van der Waals surface area contributed by atoms with Crippen molar-refractivity contribution in [3.63, 3.8) is 0 Å². The lowest BCUT2D eigenvalue weighted by Crippen LogP contribution is -2.33. The number of aromatic nitrogens is 1. The molecule has 1 unspecified atom stereocenters. The molecule has 2 heterocycles. The predicted octanol–water partition coefficient (Wildman–Crippen LogP) is 2.18. The van der Waals surface area contributed by atoms with E-state index in [0.29, 0.717) is 11.4 Å². The fourth-order valence-corrected chi connectivity index (χ4v) is 2.18. The highest BCUT2D eigenvalue weighted by molar-refractivity contribution is 6.02. The minimum atomic E-state index is -0.763. The highest BCUT2D eigenvalue weighted by atomic mass is 16.3. The standard InChI is InChI=1S/C14H12N2O2/c17-12-9-13(18)16(10-5-2-1-3-6-10)14-11(12)7-4-8-15-14/h1-8,12,17H,9H2. The Labute approximate surface area is 105 Å². The molecule has 4 heteroatoms. The molecule has 1 aromatic heterocycles. The van der Waals surface area contributed by atoms with E-state index in [-0.39, 0.29) is 12.3 Å². The fourth-order valence-electron chi connectivity index (χ4n) is 2.18. The first-order valence-electron chi connectivity index (χ1n) is 5.78. The van der Waals surface area contributed by atoms with E-state index in [1.807, 2.05) is 30.3 Å². The number of fused-ring (bicyclic) bond motifs is 1. The van der Waals surface area contributed by atoms with Gasteiger partial charge < -0.3 is 5.11 Å². The molecule has 0 spiro atoms. The van der Waals surface area contributed by atoms with Gasteiger partial charge in [-0.25, -0.2) is 4.98 Å². The number of nitrogens with zero attached hydrogens (tertiary/aromatic N) is 2.